The van der Waals surface area contributed by atoms with Gasteiger partial charge in [0.25, 0.3) is 5.91 Å². The summed E-state index contributed by atoms with van der Waals surface area (Å²) in [6, 6.07) is 19.5. The highest BCUT2D eigenvalue weighted by Crippen LogP contribution is 2.24. The maximum absolute atomic E-state index is 12.5. The van der Waals surface area contributed by atoms with Crippen LogP contribution in [0.5, 0.6) is 17.2 Å². The molecule has 0 heterocycles. The van der Waals surface area contributed by atoms with Crippen LogP contribution in [0.4, 0.5) is 5.69 Å². The number of nitrogens with zero attached hydrogens (tertiary/aromatic N) is 1. The third-order valence-corrected chi connectivity index (χ3v) is 5.09. The number of rotatable bonds is 9. The summed E-state index contributed by atoms with van der Waals surface area (Å²) in [6.07, 6.45) is 0.257. The van der Waals surface area contributed by atoms with Gasteiger partial charge < -0.3 is 19.5 Å². The first kappa shape index (κ1) is 24.3. The molecule has 176 valence electrons. The molecule has 2 amide bonds. The SMILES string of the molecule is COc1ccc(CC(=O)Nc2ccc(C(C)=NNC(=O)c3ccc(OC)cc3OC)cc2)cc1. The molecule has 0 spiro atoms. The number of benzene rings is 3. The first-order valence-electron chi connectivity index (χ1n) is 10.5. The fraction of sp³-hybridized carbons (Fsp3) is 0.192. The minimum Gasteiger partial charge on any atom is -0.497 e. The number of anilines is 1. The molecule has 0 aromatic heterocycles. The molecule has 0 aliphatic rings. The number of nitrogens with one attached hydrogen (secondary N) is 2. The van der Waals surface area contributed by atoms with Crippen molar-refractivity contribution in [3.8, 4) is 17.2 Å². The van der Waals surface area contributed by atoms with Gasteiger partial charge in [-0.3, -0.25) is 9.59 Å². The molecule has 0 unspecified atom stereocenters. The molecule has 8 heteroatoms. The van der Waals surface area contributed by atoms with E-state index in [2.05, 4.69) is 15.8 Å². The van der Waals surface area contributed by atoms with Crippen LogP contribution in [-0.4, -0.2) is 38.9 Å². The predicted molar refractivity (Wildman–Crippen MR) is 131 cm³/mol. The molecule has 3 aromatic rings. The van der Waals surface area contributed by atoms with Crippen LogP contribution in [-0.2, 0) is 11.2 Å². The van der Waals surface area contributed by atoms with Crippen LogP contribution in [0.2, 0.25) is 0 Å². The summed E-state index contributed by atoms with van der Waals surface area (Å²) >= 11 is 0. The second kappa shape index (κ2) is 11.5. The molecule has 3 aromatic carbocycles. The highest BCUT2D eigenvalue weighted by atomic mass is 16.5. The fourth-order valence-electron chi connectivity index (χ4n) is 3.17. The Labute approximate surface area is 198 Å². The molecule has 0 radical (unpaired) electrons. The molecule has 0 fully saturated rings. The third kappa shape index (κ3) is 6.35. The maximum Gasteiger partial charge on any atom is 0.275 e. The second-order valence-electron chi connectivity index (χ2n) is 7.35. The number of hydrogen-bond donors (Lipinski definition) is 2. The van der Waals surface area contributed by atoms with Crippen LogP contribution in [0.1, 0.15) is 28.4 Å². The van der Waals surface area contributed by atoms with Gasteiger partial charge in [-0.25, -0.2) is 5.43 Å². The summed E-state index contributed by atoms with van der Waals surface area (Å²) in [7, 11) is 4.63. The lowest BCUT2D eigenvalue weighted by Crippen LogP contribution is -2.20. The van der Waals surface area contributed by atoms with Crippen molar-refractivity contribution in [3.05, 3.63) is 83.4 Å². The van der Waals surface area contributed by atoms with E-state index in [1.54, 1.807) is 51.5 Å². The van der Waals surface area contributed by atoms with Gasteiger partial charge in [-0.05, 0) is 54.4 Å². The van der Waals surface area contributed by atoms with E-state index in [0.29, 0.717) is 28.5 Å². The van der Waals surface area contributed by atoms with Gasteiger partial charge in [-0.15, -0.1) is 0 Å². The van der Waals surface area contributed by atoms with Crippen molar-refractivity contribution in [2.75, 3.05) is 26.6 Å². The first-order chi connectivity index (χ1) is 16.4. The van der Waals surface area contributed by atoms with Crippen LogP contribution in [0.3, 0.4) is 0 Å². The Morgan fingerprint density at radius 3 is 2.09 bits per heavy atom. The summed E-state index contributed by atoms with van der Waals surface area (Å²) in [5, 5.41) is 7.06. The minimum atomic E-state index is -0.402. The van der Waals surface area contributed by atoms with Gasteiger partial charge in [0, 0.05) is 11.8 Å². The van der Waals surface area contributed by atoms with Gasteiger partial charge in [0.1, 0.15) is 17.2 Å². The van der Waals surface area contributed by atoms with Crippen LogP contribution in [0.15, 0.2) is 71.8 Å². The van der Waals surface area contributed by atoms with Crippen molar-refractivity contribution in [1.29, 1.82) is 0 Å². The van der Waals surface area contributed by atoms with E-state index >= 15 is 0 Å². The molecule has 3 rings (SSSR count). The highest BCUT2D eigenvalue weighted by molar-refractivity contribution is 6.02. The summed E-state index contributed by atoms with van der Waals surface area (Å²) in [4.78, 5) is 24.9. The van der Waals surface area contributed by atoms with E-state index in [-0.39, 0.29) is 12.3 Å². The van der Waals surface area contributed by atoms with Crippen LogP contribution in [0, 0.1) is 0 Å². The number of amides is 2. The summed E-state index contributed by atoms with van der Waals surface area (Å²) in [6.45, 7) is 1.78. The number of carbonyl (C=O) groups excluding carboxylic acids is 2. The second-order valence-corrected chi connectivity index (χ2v) is 7.35. The Hall–Kier alpha value is -4.33. The Morgan fingerprint density at radius 2 is 1.47 bits per heavy atom. The molecule has 8 nitrogen and oxygen atoms in total. The molecule has 0 aliphatic heterocycles. The molecular formula is C26H27N3O5. The maximum atomic E-state index is 12.5. The smallest absolute Gasteiger partial charge is 0.275 e. The number of methoxy groups -OCH3 is 3. The summed E-state index contributed by atoms with van der Waals surface area (Å²) in [5.74, 6) is 1.20. The Bertz CT molecular complexity index is 1170. The van der Waals surface area contributed by atoms with Crippen molar-refractivity contribution in [3.63, 3.8) is 0 Å². The number of ether oxygens (including phenoxy) is 3. The van der Waals surface area contributed by atoms with Crippen molar-refractivity contribution in [1.82, 2.24) is 5.43 Å². The molecule has 2 N–H and O–H groups in total. The van der Waals surface area contributed by atoms with Crippen LogP contribution < -0.4 is 25.0 Å². The predicted octanol–water partition coefficient (Wildman–Crippen LogP) is 4.05. The lowest BCUT2D eigenvalue weighted by Gasteiger charge is -2.10. The van der Waals surface area contributed by atoms with Gasteiger partial charge in [-0.2, -0.15) is 5.10 Å². The van der Waals surface area contributed by atoms with Crippen molar-refractivity contribution < 1.29 is 23.8 Å². The normalized spacial score (nSPS) is 10.9. The van der Waals surface area contributed by atoms with E-state index < -0.39 is 5.91 Å². The van der Waals surface area contributed by atoms with E-state index in [1.165, 1.54) is 7.11 Å². The van der Waals surface area contributed by atoms with E-state index in [9.17, 15) is 9.59 Å². The molecule has 0 saturated carbocycles. The average Bonchev–Trinajstić information content (AvgIpc) is 2.87. The molecule has 0 saturated heterocycles. The van der Waals surface area contributed by atoms with Crippen molar-refractivity contribution >= 4 is 23.2 Å². The van der Waals surface area contributed by atoms with Gasteiger partial charge in [0.15, 0.2) is 0 Å². The largest absolute Gasteiger partial charge is 0.497 e. The summed E-state index contributed by atoms with van der Waals surface area (Å²) in [5.41, 5.74) is 5.85. The van der Waals surface area contributed by atoms with Gasteiger partial charge in [0.2, 0.25) is 5.91 Å². The average molecular weight is 462 g/mol. The quantitative estimate of drug-likeness (QED) is 0.370. The zero-order valence-corrected chi connectivity index (χ0v) is 19.5. The molecular weight excluding hydrogens is 434 g/mol. The Balaban J connectivity index is 1.59. The van der Waals surface area contributed by atoms with E-state index in [4.69, 9.17) is 14.2 Å². The summed E-state index contributed by atoms with van der Waals surface area (Å²) < 4.78 is 15.5. The molecule has 34 heavy (non-hydrogen) atoms. The minimum absolute atomic E-state index is 0.121. The van der Waals surface area contributed by atoms with Crippen molar-refractivity contribution in [2.45, 2.75) is 13.3 Å². The standard InChI is InChI=1S/C26H27N3O5/c1-17(28-29-26(31)23-14-13-22(33-3)16-24(23)34-4)19-7-9-20(10-8-19)27-25(30)15-18-5-11-21(32-2)12-6-18/h5-14,16H,15H2,1-4H3,(H,27,30)(H,29,31). The van der Waals surface area contributed by atoms with Crippen LogP contribution in [0.25, 0.3) is 0 Å². The van der Waals surface area contributed by atoms with E-state index in [0.717, 1.165) is 16.9 Å². The third-order valence-electron chi connectivity index (χ3n) is 5.09. The molecule has 0 bridgehead atoms. The van der Waals surface area contributed by atoms with Crippen LogP contribution >= 0.6 is 0 Å². The zero-order chi connectivity index (χ0) is 24.5. The Morgan fingerprint density at radius 1 is 0.824 bits per heavy atom. The topological polar surface area (TPSA) is 98.2 Å². The lowest BCUT2D eigenvalue weighted by atomic mass is 10.1. The van der Waals surface area contributed by atoms with Gasteiger partial charge in [0.05, 0.1) is 39.0 Å². The Kier molecular flexibility index (Phi) is 8.23. The highest BCUT2D eigenvalue weighted by Gasteiger charge is 2.13. The molecule has 0 atom stereocenters. The number of hydrogen-bond acceptors (Lipinski definition) is 6. The van der Waals surface area contributed by atoms with E-state index in [1.807, 2.05) is 36.4 Å². The zero-order valence-electron chi connectivity index (χ0n) is 19.5. The molecule has 0 aliphatic carbocycles. The fourth-order valence-corrected chi connectivity index (χ4v) is 3.17. The van der Waals surface area contributed by atoms with Gasteiger partial charge in [-0.1, -0.05) is 24.3 Å². The number of carbonyl (C=O) groups is 2. The van der Waals surface area contributed by atoms with Gasteiger partial charge >= 0.3 is 0 Å². The van der Waals surface area contributed by atoms with Crippen molar-refractivity contribution in [2.24, 2.45) is 5.10 Å². The monoisotopic (exact) mass is 461 g/mol. The first-order valence-corrected chi connectivity index (χ1v) is 10.5. The lowest BCUT2D eigenvalue weighted by molar-refractivity contribution is -0.115. The number of hydrazone groups is 1.